The molecule has 0 aliphatic heterocycles. The van der Waals surface area contributed by atoms with Gasteiger partial charge in [-0.15, -0.1) is 0 Å². The summed E-state index contributed by atoms with van der Waals surface area (Å²) in [4.78, 5) is 0. The maximum Gasteiger partial charge on any atom is 0.132 e. The van der Waals surface area contributed by atoms with Crippen LogP contribution in [-0.2, 0) is 6.42 Å². The Kier molecular flexibility index (Phi) is 6.42. The number of nitrogens with zero attached hydrogens (tertiary/aromatic N) is 2. The van der Waals surface area contributed by atoms with Crippen molar-refractivity contribution in [3.63, 3.8) is 0 Å². The fraction of sp³-hybridized carbons (Fsp3) is 0.478. The van der Waals surface area contributed by atoms with Crippen LogP contribution in [0.15, 0.2) is 48.5 Å². The summed E-state index contributed by atoms with van der Waals surface area (Å²) in [5.74, 6) is 0. The third-order valence-corrected chi connectivity index (χ3v) is 6.32. The van der Waals surface area contributed by atoms with Crippen molar-refractivity contribution in [1.82, 2.24) is 8.97 Å². The van der Waals surface area contributed by atoms with Gasteiger partial charge >= 0.3 is 0 Å². The lowest BCUT2D eigenvalue weighted by molar-refractivity contribution is 0.365. The molecule has 2 rings (SSSR count). The first-order valence-electron chi connectivity index (χ1n) is 9.78. The Morgan fingerprint density at radius 1 is 0.520 bits per heavy atom. The fourth-order valence-corrected chi connectivity index (χ4v) is 3.36. The number of benzene rings is 2. The summed E-state index contributed by atoms with van der Waals surface area (Å²) in [7, 11) is 4.62. The maximum absolute atomic E-state index is 2.31. The monoisotopic (exact) mass is 340 g/mol. The minimum absolute atomic E-state index is 1.000. The van der Waals surface area contributed by atoms with E-state index in [9.17, 15) is 0 Å². The van der Waals surface area contributed by atoms with E-state index in [2.05, 4.69) is 90.3 Å². The molecule has 0 aliphatic rings. The number of rotatable bonds is 8. The van der Waals surface area contributed by atoms with Gasteiger partial charge in [0.05, 0.1) is 40.3 Å². The molecule has 0 N–H and O–H groups in total. The van der Waals surface area contributed by atoms with E-state index in [1.807, 2.05) is 0 Å². The molecule has 0 aromatic heterocycles. The fourth-order valence-electron chi connectivity index (χ4n) is 3.36. The molecule has 0 unspecified atom stereocenters. The highest BCUT2D eigenvalue weighted by Gasteiger charge is 2.21. The van der Waals surface area contributed by atoms with Gasteiger partial charge in [0.2, 0.25) is 0 Å². The molecule has 25 heavy (non-hydrogen) atoms. The quantitative estimate of drug-likeness (QED) is 0.577. The van der Waals surface area contributed by atoms with Crippen molar-refractivity contribution in [2.24, 2.45) is 0 Å². The second-order valence-electron chi connectivity index (χ2n) is 7.57. The molecular formula is C23H36N2+2. The topological polar surface area (TPSA) is 0 Å². The zero-order valence-electron chi connectivity index (χ0n) is 17.0. The van der Waals surface area contributed by atoms with Gasteiger partial charge in [-0.1, -0.05) is 24.3 Å². The van der Waals surface area contributed by atoms with Crippen molar-refractivity contribution in [2.45, 2.75) is 34.1 Å². The van der Waals surface area contributed by atoms with Crippen LogP contribution in [0.3, 0.4) is 0 Å². The summed E-state index contributed by atoms with van der Waals surface area (Å²) in [5, 5.41) is 0. The van der Waals surface area contributed by atoms with E-state index in [-0.39, 0.29) is 0 Å². The van der Waals surface area contributed by atoms with Crippen molar-refractivity contribution < 1.29 is 0 Å². The van der Waals surface area contributed by atoms with Crippen LogP contribution < -0.4 is 8.97 Å². The molecule has 0 saturated heterocycles. The van der Waals surface area contributed by atoms with E-state index < -0.39 is 0 Å². The maximum atomic E-state index is 2.31. The third-order valence-electron chi connectivity index (χ3n) is 6.32. The molecule has 2 aromatic rings. The molecule has 0 radical (unpaired) electrons. The van der Waals surface area contributed by atoms with Crippen molar-refractivity contribution >= 4 is 11.4 Å². The molecule has 2 aromatic carbocycles. The van der Waals surface area contributed by atoms with Gasteiger partial charge in [0.15, 0.2) is 0 Å². The molecule has 0 bridgehead atoms. The zero-order chi connectivity index (χ0) is 18.5. The predicted molar refractivity (Wildman–Crippen MR) is 113 cm³/mol. The molecule has 0 amide bonds. The summed E-state index contributed by atoms with van der Waals surface area (Å²) in [6.07, 6.45) is 1.00. The van der Waals surface area contributed by atoms with E-state index in [0.29, 0.717) is 0 Å². The average molecular weight is 341 g/mol. The van der Waals surface area contributed by atoms with Gasteiger partial charge in [0.1, 0.15) is 11.4 Å². The van der Waals surface area contributed by atoms with Gasteiger partial charge in [0.25, 0.3) is 0 Å². The molecule has 2 nitrogen and oxygen atoms in total. The first kappa shape index (κ1) is 19.7. The van der Waals surface area contributed by atoms with Crippen LogP contribution in [-0.4, -0.2) is 40.3 Å². The van der Waals surface area contributed by atoms with Gasteiger partial charge in [-0.2, -0.15) is 0 Å². The van der Waals surface area contributed by atoms with E-state index in [0.717, 1.165) is 41.6 Å². The lowest BCUT2D eigenvalue weighted by Gasteiger charge is -2.31. The summed E-state index contributed by atoms with van der Waals surface area (Å²) in [5.41, 5.74) is 5.59. The smallest absolute Gasteiger partial charge is 0.132 e. The van der Waals surface area contributed by atoms with E-state index >= 15 is 0 Å². The van der Waals surface area contributed by atoms with Crippen molar-refractivity contribution in [3.8, 4) is 0 Å². The average Bonchev–Trinajstić information content (AvgIpc) is 2.68. The lowest BCUT2D eigenvalue weighted by Crippen LogP contribution is -2.44. The standard InChI is InChI=1S/C23H36N2/c1-7-24(5,8-2)22-15-11-20(12-16-22)19-21-13-17-23(18-14-21)25(6,9-3)10-4/h11-18H,7-10,19H2,1-6H3/q+2. The summed E-state index contributed by atoms with van der Waals surface area (Å²) in [6, 6.07) is 18.4. The van der Waals surface area contributed by atoms with Gasteiger partial charge < -0.3 is 0 Å². The Morgan fingerprint density at radius 3 is 1.04 bits per heavy atom. The highest BCUT2D eigenvalue weighted by molar-refractivity contribution is 5.47. The SMILES string of the molecule is CC[N+](C)(CC)c1ccc(Cc2ccc([N+](C)(CC)CC)cc2)cc1. The molecule has 2 heteroatoms. The van der Waals surface area contributed by atoms with Gasteiger partial charge in [-0.25, -0.2) is 0 Å². The molecule has 0 spiro atoms. The van der Waals surface area contributed by atoms with E-state index in [4.69, 9.17) is 0 Å². The van der Waals surface area contributed by atoms with Crippen LogP contribution in [0, 0.1) is 0 Å². The summed E-state index contributed by atoms with van der Waals surface area (Å²) < 4.78 is 2.00. The molecular weight excluding hydrogens is 304 g/mol. The minimum atomic E-state index is 1.000. The first-order valence-corrected chi connectivity index (χ1v) is 9.78. The van der Waals surface area contributed by atoms with Crippen molar-refractivity contribution in [1.29, 1.82) is 0 Å². The van der Waals surface area contributed by atoms with Crippen LogP contribution >= 0.6 is 0 Å². The van der Waals surface area contributed by atoms with Crippen LogP contribution in [0.4, 0.5) is 11.4 Å². The summed E-state index contributed by atoms with van der Waals surface area (Å²) in [6.45, 7) is 13.6. The number of quaternary nitrogens is 2. The molecule has 0 fully saturated rings. The Balaban J connectivity index is 2.13. The molecule has 136 valence electrons. The molecule has 0 aliphatic carbocycles. The Labute approximate surface area is 154 Å². The largest absolute Gasteiger partial charge is 0.294 e. The van der Waals surface area contributed by atoms with E-state index in [1.54, 1.807) is 0 Å². The molecule has 0 heterocycles. The predicted octanol–water partition coefficient (Wildman–Crippen LogP) is 5.23. The van der Waals surface area contributed by atoms with E-state index in [1.165, 1.54) is 22.5 Å². The Hall–Kier alpha value is -1.64. The van der Waals surface area contributed by atoms with Crippen LogP contribution in [0.1, 0.15) is 38.8 Å². The van der Waals surface area contributed by atoms with Gasteiger partial charge in [-0.05, 0) is 69.5 Å². The lowest BCUT2D eigenvalue weighted by atomic mass is 10.0. The Bertz CT molecular complexity index is 588. The number of hydrogen-bond donors (Lipinski definition) is 0. The van der Waals surface area contributed by atoms with Crippen LogP contribution in [0.2, 0.25) is 0 Å². The highest BCUT2D eigenvalue weighted by Crippen LogP contribution is 2.24. The zero-order valence-corrected chi connectivity index (χ0v) is 17.0. The van der Waals surface area contributed by atoms with Crippen molar-refractivity contribution in [2.75, 3.05) is 40.3 Å². The Morgan fingerprint density at radius 2 is 0.800 bits per heavy atom. The van der Waals surface area contributed by atoms with Crippen LogP contribution in [0.25, 0.3) is 0 Å². The highest BCUT2D eigenvalue weighted by atomic mass is 15.3. The van der Waals surface area contributed by atoms with Gasteiger partial charge in [0, 0.05) is 0 Å². The van der Waals surface area contributed by atoms with Gasteiger partial charge in [-0.3, -0.25) is 8.97 Å². The second-order valence-corrected chi connectivity index (χ2v) is 7.57. The molecule has 0 saturated carbocycles. The molecule has 0 atom stereocenters. The minimum Gasteiger partial charge on any atom is -0.294 e. The first-order chi connectivity index (χ1) is 11.9. The van der Waals surface area contributed by atoms with Crippen LogP contribution in [0.5, 0.6) is 0 Å². The third kappa shape index (κ3) is 4.31. The normalized spacial score (nSPS) is 12.4. The number of hydrogen-bond acceptors (Lipinski definition) is 0. The summed E-state index contributed by atoms with van der Waals surface area (Å²) >= 11 is 0. The van der Waals surface area contributed by atoms with Crippen molar-refractivity contribution in [3.05, 3.63) is 59.7 Å². The second kappa shape index (κ2) is 8.16.